The van der Waals surface area contributed by atoms with Gasteiger partial charge in [-0.05, 0) is 30.9 Å². The third kappa shape index (κ3) is 4.75. The number of aromatic nitrogens is 1. The highest BCUT2D eigenvalue weighted by molar-refractivity contribution is 7.89. The molecule has 1 aliphatic rings. The molecule has 0 aromatic carbocycles. The van der Waals surface area contributed by atoms with Crippen LogP contribution in [-0.4, -0.2) is 50.7 Å². The smallest absolute Gasteiger partial charge is 0.239 e. The molecule has 0 amide bonds. The van der Waals surface area contributed by atoms with E-state index >= 15 is 0 Å². The summed E-state index contributed by atoms with van der Waals surface area (Å²) in [6, 6.07) is 3.42. The average molecular weight is 314 g/mol. The Morgan fingerprint density at radius 2 is 2.14 bits per heavy atom. The summed E-state index contributed by atoms with van der Waals surface area (Å²) in [6.07, 6.45) is 2.39. The number of ether oxygens (including phenoxy) is 1. The average Bonchev–Trinajstić information content (AvgIpc) is 3.23. The largest absolute Gasteiger partial charge is 0.476 e. The summed E-state index contributed by atoms with van der Waals surface area (Å²) in [5, 5.41) is 2.97. The second kappa shape index (κ2) is 6.48. The van der Waals surface area contributed by atoms with Crippen LogP contribution >= 0.6 is 0 Å². The van der Waals surface area contributed by atoms with Gasteiger partial charge < -0.3 is 15.8 Å². The maximum atomic E-state index is 11.6. The van der Waals surface area contributed by atoms with Crippen LogP contribution in [-0.2, 0) is 10.0 Å². The van der Waals surface area contributed by atoms with Crippen LogP contribution < -0.4 is 15.8 Å². The molecule has 1 fully saturated rings. The van der Waals surface area contributed by atoms with Crippen molar-refractivity contribution in [2.75, 3.05) is 44.1 Å². The molecule has 0 unspecified atom stereocenters. The molecular formula is C13H22N4O3S. The van der Waals surface area contributed by atoms with Crippen molar-refractivity contribution in [3.05, 3.63) is 12.1 Å². The van der Waals surface area contributed by atoms with Gasteiger partial charge >= 0.3 is 0 Å². The molecule has 0 saturated heterocycles. The van der Waals surface area contributed by atoms with Gasteiger partial charge in [-0.3, -0.25) is 0 Å². The van der Waals surface area contributed by atoms with Crippen molar-refractivity contribution in [2.45, 2.75) is 12.8 Å². The van der Waals surface area contributed by atoms with Gasteiger partial charge in [0.25, 0.3) is 0 Å². The fourth-order valence-electron chi connectivity index (χ4n) is 1.64. The van der Waals surface area contributed by atoms with Crippen molar-refractivity contribution in [3.8, 4) is 5.88 Å². The first-order valence-corrected chi connectivity index (χ1v) is 8.53. The lowest BCUT2D eigenvalue weighted by Crippen LogP contribution is -2.28. The second-order valence-electron chi connectivity index (χ2n) is 5.37. The topological polar surface area (TPSA) is 97.6 Å². The van der Waals surface area contributed by atoms with Crippen molar-refractivity contribution in [3.63, 3.8) is 0 Å². The summed E-state index contributed by atoms with van der Waals surface area (Å²) in [5.74, 6) is 1.59. The molecule has 0 bridgehead atoms. The van der Waals surface area contributed by atoms with Gasteiger partial charge in [-0.1, -0.05) is 0 Å². The highest BCUT2D eigenvalue weighted by Gasteiger charge is 2.22. The van der Waals surface area contributed by atoms with Crippen molar-refractivity contribution >= 4 is 21.5 Å². The van der Waals surface area contributed by atoms with E-state index in [-0.39, 0.29) is 12.3 Å². The first-order valence-electron chi connectivity index (χ1n) is 6.92. The summed E-state index contributed by atoms with van der Waals surface area (Å²) in [7, 11) is -0.184. The lowest BCUT2D eigenvalue weighted by atomic mass is 10.4. The van der Waals surface area contributed by atoms with E-state index in [9.17, 15) is 8.42 Å². The van der Waals surface area contributed by atoms with Gasteiger partial charge in [0.2, 0.25) is 15.9 Å². The standard InChI is InChI=1S/C13H22N4O3S/c1-17(2)21(18,19)8-7-15-12-6-5-11(14)13(16-12)20-9-10-3-4-10/h5-6,10H,3-4,7-9,14H2,1-2H3,(H,15,16). The molecule has 1 aromatic heterocycles. The second-order valence-corrected chi connectivity index (χ2v) is 7.67. The molecule has 0 radical (unpaired) electrons. The van der Waals surface area contributed by atoms with E-state index in [1.807, 2.05) is 0 Å². The van der Waals surface area contributed by atoms with Crippen LogP contribution in [0.2, 0.25) is 0 Å². The highest BCUT2D eigenvalue weighted by Crippen LogP contribution is 2.30. The van der Waals surface area contributed by atoms with Gasteiger partial charge in [-0.2, -0.15) is 4.98 Å². The number of nitrogen functional groups attached to an aromatic ring is 1. The van der Waals surface area contributed by atoms with Crippen LogP contribution in [0.25, 0.3) is 0 Å². The summed E-state index contributed by atoms with van der Waals surface area (Å²) < 4.78 is 30.1. The van der Waals surface area contributed by atoms with E-state index < -0.39 is 10.0 Å². The maximum absolute atomic E-state index is 11.6. The molecule has 1 saturated carbocycles. The Labute approximate surface area is 125 Å². The normalized spacial score (nSPS) is 15.2. The van der Waals surface area contributed by atoms with E-state index in [1.165, 1.54) is 31.2 Å². The predicted molar refractivity (Wildman–Crippen MR) is 82.8 cm³/mol. The minimum atomic E-state index is -3.21. The minimum Gasteiger partial charge on any atom is -0.476 e. The van der Waals surface area contributed by atoms with Gasteiger partial charge in [-0.25, -0.2) is 12.7 Å². The first kappa shape index (κ1) is 15.8. The van der Waals surface area contributed by atoms with Crippen molar-refractivity contribution in [1.29, 1.82) is 0 Å². The third-order valence-corrected chi connectivity index (χ3v) is 5.10. The fourth-order valence-corrected chi connectivity index (χ4v) is 2.36. The Morgan fingerprint density at radius 3 is 2.76 bits per heavy atom. The minimum absolute atomic E-state index is 0.00429. The van der Waals surface area contributed by atoms with Gasteiger partial charge in [0, 0.05) is 20.6 Å². The van der Waals surface area contributed by atoms with Gasteiger partial charge in [0.1, 0.15) is 5.82 Å². The number of nitrogens with zero attached hydrogens (tertiary/aromatic N) is 2. The van der Waals surface area contributed by atoms with E-state index in [2.05, 4.69) is 10.3 Å². The van der Waals surface area contributed by atoms with E-state index in [0.29, 0.717) is 29.9 Å². The van der Waals surface area contributed by atoms with Crippen LogP contribution in [0.4, 0.5) is 11.5 Å². The molecule has 7 nitrogen and oxygen atoms in total. The Bertz CT molecular complexity index is 585. The number of hydrogen-bond donors (Lipinski definition) is 2. The molecule has 8 heteroatoms. The molecule has 1 heterocycles. The van der Waals surface area contributed by atoms with Crippen LogP contribution in [0.15, 0.2) is 12.1 Å². The van der Waals surface area contributed by atoms with Gasteiger partial charge in [0.15, 0.2) is 0 Å². The molecule has 118 valence electrons. The number of pyridine rings is 1. The molecule has 2 rings (SSSR count). The van der Waals surface area contributed by atoms with Crippen molar-refractivity contribution in [1.82, 2.24) is 9.29 Å². The fraction of sp³-hybridized carbons (Fsp3) is 0.615. The Balaban J connectivity index is 1.89. The van der Waals surface area contributed by atoms with Crippen LogP contribution in [0, 0.1) is 5.92 Å². The van der Waals surface area contributed by atoms with Crippen LogP contribution in [0.3, 0.4) is 0 Å². The van der Waals surface area contributed by atoms with Gasteiger partial charge in [0.05, 0.1) is 18.0 Å². The van der Waals surface area contributed by atoms with Crippen LogP contribution in [0.1, 0.15) is 12.8 Å². The molecule has 1 aromatic rings. The summed E-state index contributed by atoms with van der Waals surface area (Å²) in [6.45, 7) is 0.912. The molecule has 0 aliphatic heterocycles. The number of anilines is 2. The molecule has 1 aliphatic carbocycles. The number of nitrogens with one attached hydrogen (secondary N) is 1. The monoisotopic (exact) mass is 314 g/mol. The van der Waals surface area contributed by atoms with Crippen molar-refractivity contribution in [2.24, 2.45) is 5.92 Å². The SMILES string of the molecule is CN(C)S(=O)(=O)CCNc1ccc(N)c(OCC2CC2)n1. The van der Waals surface area contributed by atoms with E-state index in [4.69, 9.17) is 10.5 Å². The molecule has 0 atom stereocenters. The van der Waals surface area contributed by atoms with Crippen LogP contribution in [0.5, 0.6) is 5.88 Å². The number of sulfonamides is 1. The van der Waals surface area contributed by atoms with E-state index in [0.717, 1.165) is 0 Å². The maximum Gasteiger partial charge on any atom is 0.239 e. The summed E-state index contributed by atoms with van der Waals surface area (Å²) in [5.41, 5.74) is 6.30. The zero-order valence-electron chi connectivity index (χ0n) is 12.4. The lowest BCUT2D eigenvalue weighted by molar-refractivity contribution is 0.290. The quantitative estimate of drug-likeness (QED) is 0.735. The third-order valence-electron chi connectivity index (χ3n) is 3.26. The number of hydrogen-bond acceptors (Lipinski definition) is 6. The Morgan fingerprint density at radius 1 is 1.43 bits per heavy atom. The molecular weight excluding hydrogens is 292 g/mol. The molecule has 0 spiro atoms. The number of rotatable bonds is 8. The Hall–Kier alpha value is -1.54. The molecule has 3 N–H and O–H groups in total. The van der Waals surface area contributed by atoms with Gasteiger partial charge in [-0.15, -0.1) is 0 Å². The van der Waals surface area contributed by atoms with Crippen molar-refractivity contribution < 1.29 is 13.2 Å². The zero-order chi connectivity index (χ0) is 15.5. The van der Waals surface area contributed by atoms with E-state index in [1.54, 1.807) is 12.1 Å². The molecule has 21 heavy (non-hydrogen) atoms. The zero-order valence-corrected chi connectivity index (χ0v) is 13.2. The predicted octanol–water partition coefficient (Wildman–Crippen LogP) is 0.756. The summed E-state index contributed by atoms with van der Waals surface area (Å²) >= 11 is 0. The highest BCUT2D eigenvalue weighted by atomic mass is 32.2. The lowest BCUT2D eigenvalue weighted by Gasteiger charge is -2.13. The number of nitrogens with two attached hydrogens (primary N) is 1. The Kier molecular flexibility index (Phi) is 4.89. The summed E-state index contributed by atoms with van der Waals surface area (Å²) in [4.78, 5) is 4.27. The first-order chi connectivity index (χ1) is 9.88.